The molecule has 0 fully saturated rings. The third-order valence-corrected chi connectivity index (χ3v) is 4.67. The first kappa shape index (κ1) is 19.8. The molecule has 1 amide bonds. The molecule has 148 valence electrons. The van der Waals surface area contributed by atoms with E-state index in [2.05, 4.69) is 5.32 Å². The van der Waals surface area contributed by atoms with Gasteiger partial charge in [0.25, 0.3) is 5.91 Å². The molecule has 0 aliphatic carbocycles. The van der Waals surface area contributed by atoms with Gasteiger partial charge in [0.1, 0.15) is 17.9 Å². The fourth-order valence-electron chi connectivity index (χ4n) is 3.26. The standard InChI is InChI=1S/C22H26N2O4/c1-15(20-12-17-7-5-6-8-18(17)28-20)23-22(25)14-24(2)13-16-9-10-19(26-3)21(11-16)27-4/h5-12,15H,13-14H2,1-4H3,(H,23,25)/p+1/t15-/m1/s1. The first-order valence-corrected chi connectivity index (χ1v) is 9.30. The van der Waals surface area contributed by atoms with E-state index in [0.29, 0.717) is 24.6 Å². The predicted octanol–water partition coefficient (Wildman–Crippen LogP) is 2.34. The highest BCUT2D eigenvalue weighted by Crippen LogP contribution is 2.27. The fourth-order valence-corrected chi connectivity index (χ4v) is 3.26. The lowest BCUT2D eigenvalue weighted by Crippen LogP contribution is -3.08. The average Bonchev–Trinajstić information content (AvgIpc) is 3.12. The number of hydrogen-bond acceptors (Lipinski definition) is 4. The molecule has 3 aromatic rings. The van der Waals surface area contributed by atoms with Crippen molar-refractivity contribution in [3.8, 4) is 11.5 Å². The number of nitrogens with one attached hydrogen (secondary N) is 2. The lowest BCUT2D eigenvalue weighted by atomic mass is 10.2. The molecule has 0 bridgehead atoms. The monoisotopic (exact) mass is 383 g/mol. The summed E-state index contributed by atoms with van der Waals surface area (Å²) in [4.78, 5) is 13.5. The second-order valence-corrected chi connectivity index (χ2v) is 6.98. The second-order valence-electron chi connectivity index (χ2n) is 6.98. The van der Waals surface area contributed by atoms with Crippen LogP contribution >= 0.6 is 0 Å². The van der Waals surface area contributed by atoms with Crippen LogP contribution in [-0.2, 0) is 11.3 Å². The molecule has 0 aliphatic heterocycles. The van der Waals surface area contributed by atoms with E-state index in [4.69, 9.17) is 13.9 Å². The van der Waals surface area contributed by atoms with E-state index in [0.717, 1.165) is 27.2 Å². The van der Waals surface area contributed by atoms with Gasteiger partial charge in [0.15, 0.2) is 18.0 Å². The SMILES string of the molecule is COc1ccc(C[NH+](C)CC(=O)N[C@H](C)c2cc3ccccc3o2)cc1OC. The van der Waals surface area contributed by atoms with Gasteiger partial charge in [-0.1, -0.05) is 18.2 Å². The molecule has 1 aromatic heterocycles. The lowest BCUT2D eigenvalue weighted by molar-refractivity contribution is -0.885. The first-order valence-electron chi connectivity index (χ1n) is 9.30. The van der Waals surface area contributed by atoms with E-state index in [1.54, 1.807) is 14.2 Å². The van der Waals surface area contributed by atoms with E-state index in [1.165, 1.54) is 0 Å². The zero-order valence-corrected chi connectivity index (χ0v) is 16.7. The van der Waals surface area contributed by atoms with Crippen LogP contribution in [0.15, 0.2) is 52.9 Å². The number of likely N-dealkylation sites (N-methyl/N-ethyl adjacent to an activating group) is 1. The number of quaternary nitrogens is 1. The van der Waals surface area contributed by atoms with Crippen LogP contribution in [0.5, 0.6) is 11.5 Å². The Morgan fingerprint density at radius 3 is 2.57 bits per heavy atom. The van der Waals surface area contributed by atoms with Crippen LogP contribution in [0, 0.1) is 0 Å². The van der Waals surface area contributed by atoms with E-state index >= 15 is 0 Å². The fraction of sp³-hybridized carbons (Fsp3) is 0.318. The minimum absolute atomic E-state index is 0.0223. The van der Waals surface area contributed by atoms with Gasteiger partial charge in [0, 0.05) is 10.9 Å². The van der Waals surface area contributed by atoms with Crippen LogP contribution in [0.2, 0.25) is 0 Å². The molecule has 28 heavy (non-hydrogen) atoms. The van der Waals surface area contributed by atoms with Gasteiger partial charge in [-0.2, -0.15) is 0 Å². The van der Waals surface area contributed by atoms with E-state index in [9.17, 15) is 4.79 Å². The first-order chi connectivity index (χ1) is 13.5. The van der Waals surface area contributed by atoms with Gasteiger partial charge < -0.3 is 24.1 Å². The third kappa shape index (κ3) is 4.64. The van der Waals surface area contributed by atoms with Crippen molar-refractivity contribution in [3.63, 3.8) is 0 Å². The van der Waals surface area contributed by atoms with Crippen LogP contribution in [-0.4, -0.2) is 33.7 Å². The van der Waals surface area contributed by atoms with E-state index < -0.39 is 0 Å². The molecule has 1 unspecified atom stereocenters. The Balaban J connectivity index is 1.56. The highest BCUT2D eigenvalue weighted by Gasteiger charge is 2.17. The van der Waals surface area contributed by atoms with Crippen molar-refractivity contribution in [2.75, 3.05) is 27.8 Å². The molecule has 2 N–H and O–H groups in total. The number of benzene rings is 2. The van der Waals surface area contributed by atoms with Gasteiger partial charge in [0.05, 0.1) is 27.3 Å². The van der Waals surface area contributed by atoms with Gasteiger partial charge in [-0.25, -0.2) is 0 Å². The Morgan fingerprint density at radius 2 is 1.86 bits per heavy atom. The van der Waals surface area contributed by atoms with Crippen LogP contribution in [0.4, 0.5) is 0 Å². The van der Waals surface area contributed by atoms with Crippen molar-refractivity contribution >= 4 is 16.9 Å². The number of carbonyl (C=O) groups excluding carboxylic acids is 1. The summed E-state index contributed by atoms with van der Waals surface area (Å²) in [5, 5.41) is 4.05. The zero-order chi connectivity index (χ0) is 20.1. The molecule has 3 rings (SSSR count). The summed E-state index contributed by atoms with van der Waals surface area (Å²) >= 11 is 0. The maximum Gasteiger partial charge on any atom is 0.275 e. The molecule has 2 aromatic carbocycles. The summed E-state index contributed by atoms with van der Waals surface area (Å²) in [7, 11) is 5.22. The van der Waals surface area contributed by atoms with Crippen molar-refractivity contribution in [1.29, 1.82) is 0 Å². The number of fused-ring (bicyclic) bond motifs is 1. The lowest BCUT2D eigenvalue weighted by Gasteiger charge is -2.17. The minimum atomic E-state index is -0.186. The van der Waals surface area contributed by atoms with Gasteiger partial charge in [-0.05, 0) is 37.3 Å². The van der Waals surface area contributed by atoms with Crippen LogP contribution in [0.25, 0.3) is 11.0 Å². The summed E-state index contributed by atoms with van der Waals surface area (Å²) in [6, 6.07) is 15.4. The number of carbonyl (C=O) groups is 1. The van der Waals surface area contributed by atoms with Crippen molar-refractivity contribution in [2.45, 2.75) is 19.5 Å². The number of rotatable bonds is 8. The van der Waals surface area contributed by atoms with E-state index in [-0.39, 0.29) is 11.9 Å². The number of amides is 1. The van der Waals surface area contributed by atoms with Crippen molar-refractivity contribution in [1.82, 2.24) is 5.32 Å². The largest absolute Gasteiger partial charge is 0.493 e. The van der Waals surface area contributed by atoms with Crippen LogP contribution < -0.4 is 19.7 Å². The topological polar surface area (TPSA) is 65.1 Å². The Kier molecular flexibility index (Phi) is 6.21. The second kappa shape index (κ2) is 8.80. The quantitative estimate of drug-likeness (QED) is 0.627. The molecule has 2 atom stereocenters. The Morgan fingerprint density at radius 1 is 1.11 bits per heavy atom. The number of para-hydroxylation sites is 1. The molecule has 0 saturated carbocycles. The molecule has 6 nitrogen and oxygen atoms in total. The molecule has 0 spiro atoms. The van der Waals surface area contributed by atoms with Crippen molar-refractivity contribution in [2.24, 2.45) is 0 Å². The Bertz CT molecular complexity index is 918. The smallest absolute Gasteiger partial charge is 0.275 e. The van der Waals surface area contributed by atoms with Crippen molar-refractivity contribution in [3.05, 3.63) is 59.9 Å². The Labute approximate surface area is 165 Å². The summed E-state index contributed by atoms with van der Waals surface area (Å²) in [6.07, 6.45) is 0. The molecule has 0 aliphatic rings. The molecule has 6 heteroatoms. The summed E-state index contributed by atoms with van der Waals surface area (Å²) in [6.45, 7) is 2.99. The van der Waals surface area contributed by atoms with Gasteiger partial charge >= 0.3 is 0 Å². The maximum atomic E-state index is 12.4. The molecule has 0 saturated heterocycles. The average molecular weight is 383 g/mol. The third-order valence-electron chi connectivity index (χ3n) is 4.67. The van der Waals surface area contributed by atoms with Gasteiger partial charge in [-0.3, -0.25) is 4.79 Å². The number of methoxy groups -OCH3 is 2. The van der Waals surface area contributed by atoms with Crippen LogP contribution in [0.1, 0.15) is 24.3 Å². The number of ether oxygens (including phenoxy) is 2. The molecule has 1 heterocycles. The van der Waals surface area contributed by atoms with Crippen LogP contribution in [0.3, 0.4) is 0 Å². The summed E-state index contributed by atoms with van der Waals surface area (Å²) in [5.41, 5.74) is 1.91. The highest BCUT2D eigenvalue weighted by atomic mass is 16.5. The minimum Gasteiger partial charge on any atom is -0.493 e. The molecule has 0 radical (unpaired) electrons. The highest BCUT2D eigenvalue weighted by molar-refractivity contribution is 5.79. The molecular weight excluding hydrogens is 356 g/mol. The zero-order valence-electron chi connectivity index (χ0n) is 16.7. The number of hydrogen-bond donors (Lipinski definition) is 2. The van der Waals surface area contributed by atoms with Gasteiger partial charge in [-0.15, -0.1) is 0 Å². The summed E-state index contributed by atoms with van der Waals surface area (Å²) in [5.74, 6) is 2.12. The van der Waals surface area contributed by atoms with Crippen molar-refractivity contribution < 1.29 is 23.6 Å². The Hall–Kier alpha value is -2.99. The number of furan rings is 1. The molecular formula is C22H27N2O4+. The normalized spacial score (nSPS) is 13.1. The van der Waals surface area contributed by atoms with E-state index in [1.807, 2.05) is 62.5 Å². The maximum absolute atomic E-state index is 12.4. The summed E-state index contributed by atoms with van der Waals surface area (Å²) < 4.78 is 16.4. The van der Waals surface area contributed by atoms with Gasteiger partial charge in [0.2, 0.25) is 0 Å². The predicted molar refractivity (Wildman–Crippen MR) is 108 cm³/mol.